The van der Waals surface area contributed by atoms with E-state index in [1.54, 1.807) is 18.2 Å². The van der Waals surface area contributed by atoms with Gasteiger partial charge in [0.05, 0.1) is 12.2 Å². The van der Waals surface area contributed by atoms with Crippen molar-refractivity contribution in [2.24, 2.45) is 0 Å². The topological polar surface area (TPSA) is 70.2 Å². The van der Waals surface area contributed by atoms with E-state index in [0.29, 0.717) is 23.1 Å². The maximum Gasteiger partial charge on any atom is 0.315 e. The Kier molecular flexibility index (Phi) is 8.12. The SMILES string of the molecule is O=C(CNC(=O)NCCSCc1ccccc1F)Nc1ccc(F)c(F)c1F. The Morgan fingerprint density at radius 2 is 1.64 bits per heavy atom. The van der Waals surface area contributed by atoms with Gasteiger partial charge in [0.15, 0.2) is 17.5 Å². The number of anilines is 1. The van der Waals surface area contributed by atoms with Crippen LogP contribution in [0, 0.1) is 23.3 Å². The molecule has 5 nitrogen and oxygen atoms in total. The summed E-state index contributed by atoms with van der Waals surface area (Å²) in [6, 6.07) is 7.31. The second-order valence-corrected chi connectivity index (χ2v) is 6.63. The number of amides is 3. The Labute approximate surface area is 162 Å². The van der Waals surface area contributed by atoms with E-state index in [1.165, 1.54) is 17.8 Å². The van der Waals surface area contributed by atoms with Gasteiger partial charge in [0.25, 0.3) is 0 Å². The van der Waals surface area contributed by atoms with Gasteiger partial charge in [0, 0.05) is 18.1 Å². The first-order valence-corrected chi connectivity index (χ1v) is 9.30. The van der Waals surface area contributed by atoms with Crippen LogP contribution in [0.5, 0.6) is 0 Å². The summed E-state index contributed by atoms with van der Waals surface area (Å²) < 4.78 is 52.8. The maximum absolute atomic E-state index is 13.5. The predicted molar refractivity (Wildman–Crippen MR) is 98.9 cm³/mol. The van der Waals surface area contributed by atoms with E-state index in [2.05, 4.69) is 10.6 Å². The lowest BCUT2D eigenvalue weighted by Gasteiger charge is -2.09. The Bertz CT molecular complexity index is 852. The first-order valence-electron chi connectivity index (χ1n) is 8.14. The van der Waals surface area contributed by atoms with Crippen molar-refractivity contribution in [3.05, 3.63) is 65.2 Å². The Hall–Kier alpha value is -2.75. The average molecular weight is 415 g/mol. The van der Waals surface area contributed by atoms with Gasteiger partial charge in [-0.05, 0) is 23.8 Å². The quantitative estimate of drug-likeness (QED) is 0.352. The van der Waals surface area contributed by atoms with Crippen LogP contribution in [0.2, 0.25) is 0 Å². The van der Waals surface area contributed by atoms with Gasteiger partial charge in [-0.15, -0.1) is 0 Å². The van der Waals surface area contributed by atoms with E-state index in [1.807, 2.05) is 5.32 Å². The molecule has 0 fully saturated rings. The lowest BCUT2D eigenvalue weighted by Crippen LogP contribution is -2.40. The Morgan fingerprint density at radius 3 is 2.39 bits per heavy atom. The van der Waals surface area contributed by atoms with Gasteiger partial charge in [-0.3, -0.25) is 4.79 Å². The molecule has 0 aromatic heterocycles. The minimum absolute atomic E-state index is 0.282. The fourth-order valence-corrected chi connectivity index (χ4v) is 2.92. The molecule has 28 heavy (non-hydrogen) atoms. The number of urea groups is 1. The van der Waals surface area contributed by atoms with Crippen LogP contribution in [0.4, 0.5) is 28.0 Å². The van der Waals surface area contributed by atoms with Crippen LogP contribution < -0.4 is 16.0 Å². The van der Waals surface area contributed by atoms with Crippen molar-refractivity contribution in [1.29, 1.82) is 0 Å². The molecule has 0 aliphatic heterocycles. The van der Waals surface area contributed by atoms with Crippen LogP contribution in [0.25, 0.3) is 0 Å². The van der Waals surface area contributed by atoms with Gasteiger partial charge in [-0.1, -0.05) is 18.2 Å². The largest absolute Gasteiger partial charge is 0.337 e. The number of rotatable bonds is 8. The van der Waals surface area contributed by atoms with Gasteiger partial charge in [-0.2, -0.15) is 11.8 Å². The number of halogens is 4. The summed E-state index contributed by atoms with van der Waals surface area (Å²) in [4.78, 5) is 23.3. The lowest BCUT2D eigenvalue weighted by molar-refractivity contribution is -0.115. The van der Waals surface area contributed by atoms with Gasteiger partial charge in [0.1, 0.15) is 5.82 Å². The number of nitrogens with one attached hydrogen (secondary N) is 3. The molecule has 0 bridgehead atoms. The van der Waals surface area contributed by atoms with Crippen LogP contribution in [0.1, 0.15) is 5.56 Å². The van der Waals surface area contributed by atoms with E-state index >= 15 is 0 Å². The lowest BCUT2D eigenvalue weighted by atomic mass is 10.2. The summed E-state index contributed by atoms with van der Waals surface area (Å²) in [6.07, 6.45) is 0. The maximum atomic E-state index is 13.5. The first-order chi connectivity index (χ1) is 13.4. The number of benzene rings is 2. The fraction of sp³-hybridized carbons (Fsp3) is 0.222. The van der Waals surface area contributed by atoms with Crippen molar-refractivity contribution in [2.45, 2.75) is 5.75 Å². The van der Waals surface area contributed by atoms with Crippen LogP contribution in [-0.4, -0.2) is 30.8 Å². The molecular formula is C18H17F4N3O2S. The molecular weight excluding hydrogens is 398 g/mol. The first kappa shape index (κ1) is 21.5. The summed E-state index contributed by atoms with van der Waals surface area (Å²) in [5, 5.41) is 6.78. The van der Waals surface area contributed by atoms with Gasteiger partial charge in [-0.25, -0.2) is 22.4 Å². The highest BCUT2D eigenvalue weighted by molar-refractivity contribution is 7.98. The van der Waals surface area contributed by atoms with Crippen LogP contribution in [0.15, 0.2) is 36.4 Å². The zero-order valence-electron chi connectivity index (χ0n) is 14.5. The number of carbonyl (C=O) groups excluding carboxylic acids is 2. The molecule has 3 N–H and O–H groups in total. The van der Waals surface area contributed by atoms with Crippen molar-refractivity contribution < 1.29 is 27.2 Å². The van der Waals surface area contributed by atoms with Gasteiger partial charge >= 0.3 is 6.03 Å². The highest BCUT2D eigenvalue weighted by Gasteiger charge is 2.15. The van der Waals surface area contributed by atoms with Crippen molar-refractivity contribution >= 4 is 29.4 Å². The third-order valence-electron chi connectivity index (χ3n) is 3.47. The van der Waals surface area contributed by atoms with Crippen LogP contribution in [-0.2, 0) is 10.5 Å². The molecule has 3 amide bonds. The van der Waals surface area contributed by atoms with E-state index < -0.39 is 41.6 Å². The third-order valence-corrected chi connectivity index (χ3v) is 4.47. The molecule has 0 atom stereocenters. The molecule has 2 rings (SSSR count). The van der Waals surface area contributed by atoms with Crippen molar-refractivity contribution in [2.75, 3.05) is 24.2 Å². The van der Waals surface area contributed by atoms with E-state index in [4.69, 9.17) is 0 Å². The molecule has 2 aromatic carbocycles. The summed E-state index contributed by atoms with van der Waals surface area (Å²) >= 11 is 1.42. The molecule has 0 spiro atoms. The molecule has 10 heteroatoms. The summed E-state index contributed by atoms with van der Waals surface area (Å²) in [6.45, 7) is -0.211. The molecule has 2 aromatic rings. The van der Waals surface area contributed by atoms with E-state index in [-0.39, 0.29) is 12.4 Å². The predicted octanol–water partition coefficient (Wildman–Crippen LogP) is 3.41. The third kappa shape index (κ3) is 6.45. The second-order valence-electron chi connectivity index (χ2n) is 5.52. The average Bonchev–Trinajstić information content (AvgIpc) is 2.68. The van der Waals surface area contributed by atoms with Crippen molar-refractivity contribution in [1.82, 2.24) is 10.6 Å². The van der Waals surface area contributed by atoms with E-state index in [9.17, 15) is 27.2 Å². The number of hydrogen-bond donors (Lipinski definition) is 3. The van der Waals surface area contributed by atoms with Crippen molar-refractivity contribution in [3.8, 4) is 0 Å². The summed E-state index contributed by atoms with van der Waals surface area (Å²) in [5.41, 5.74) is 0.0359. The highest BCUT2D eigenvalue weighted by atomic mass is 32.2. The molecule has 0 aliphatic rings. The Morgan fingerprint density at radius 1 is 0.893 bits per heavy atom. The minimum Gasteiger partial charge on any atom is -0.337 e. The minimum atomic E-state index is -1.70. The zero-order valence-corrected chi connectivity index (χ0v) is 15.3. The monoisotopic (exact) mass is 415 g/mol. The Balaban J connectivity index is 1.63. The number of hydrogen-bond acceptors (Lipinski definition) is 3. The highest BCUT2D eigenvalue weighted by Crippen LogP contribution is 2.19. The zero-order chi connectivity index (χ0) is 20.5. The standard InChI is InChI=1S/C18H17F4N3O2S/c19-12-4-2-1-3-11(12)10-28-8-7-23-18(27)24-9-15(26)25-14-6-5-13(20)16(21)17(14)22/h1-6H,7-10H2,(H,25,26)(H2,23,24,27). The molecule has 0 heterocycles. The molecule has 0 radical (unpaired) electrons. The molecule has 150 valence electrons. The fourth-order valence-electron chi connectivity index (χ4n) is 2.07. The van der Waals surface area contributed by atoms with Crippen LogP contribution in [0.3, 0.4) is 0 Å². The molecule has 0 saturated carbocycles. The van der Waals surface area contributed by atoms with Crippen LogP contribution >= 0.6 is 11.8 Å². The van der Waals surface area contributed by atoms with Gasteiger partial charge < -0.3 is 16.0 Å². The van der Waals surface area contributed by atoms with Gasteiger partial charge in [0.2, 0.25) is 5.91 Å². The number of thioether (sulfide) groups is 1. The molecule has 0 saturated heterocycles. The molecule has 0 unspecified atom stereocenters. The smallest absolute Gasteiger partial charge is 0.315 e. The summed E-state index contributed by atoms with van der Waals surface area (Å²) in [7, 11) is 0. The summed E-state index contributed by atoms with van der Waals surface area (Å²) in [5.74, 6) is -4.72. The number of carbonyl (C=O) groups is 2. The normalized spacial score (nSPS) is 10.4. The second kappa shape index (κ2) is 10.5. The van der Waals surface area contributed by atoms with E-state index in [0.717, 1.165) is 6.07 Å². The van der Waals surface area contributed by atoms with Crippen molar-refractivity contribution in [3.63, 3.8) is 0 Å². The molecule has 0 aliphatic carbocycles.